The molecule has 2 aromatic rings. The average Bonchev–Trinajstić information content (AvgIpc) is 2.93. The van der Waals surface area contributed by atoms with Crippen molar-refractivity contribution in [3.63, 3.8) is 0 Å². The average molecular weight is 360 g/mol. The van der Waals surface area contributed by atoms with E-state index >= 15 is 0 Å². The molecule has 3 aliphatic heterocycles. The summed E-state index contributed by atoms with van der Waals surface area (Å²) in [6.45, 7) is 3.66. The van der Waals surface area contributed by atoms with Gasteiger partial charge in [-0.25, -0.2) is 4.98 Å². The predicted molar refractivity (Wildman–Crippen MR) is 93.8 cm³/mol. The zero-order valence-electron chi connectivity index (χ0n) is 14.1. The lowest BCUT2D eigenvalue weighted by Gasteiger charge is -2.35. The van der Waals surface area contributed by atoms with Crippen LogP contribution in [0.1, 0.15) is 36.5 Å². The number of aromatic nitrogens is 2. The number of thiazole rings is 1. The first-order chi connectivity index (χ1) is 12.1. The lowest BCUT2D eigenvalue weighted by atomic mass is 9.94. The fourth-order valence-electron chi connectivity index (χ4n) is 3.88. The predicted octanol–water partition coefficient (Wildman–Crippen LogP) is 1.23. The summed E-state index contributed by atoms with van der Waals surface area (Å²) in [6.07, 6.45) is 5.64. The van der Waals surface area contributed by atoms with Crippen molar-refractivity contribution in [1.29, 1.82) is 0 Å². The second-order valence-corrected chi connectivity index (χ2v) is 7.58. The second-order valence-electron chi connectivity index (χ2n) is 6.70. The van der Waals surface area contributed by atoms with Crippen molar-refractivity contribution in [3.8, 4) is 0 Å². The van der Waals surface area contributed by atoms with Gasteiger partial charge in [0.1, 0.15) is 5.56 Å². The summed E-state index contributed by atoms with van der Waals surface area (Å²) in [5, 5.41) is 1.77. The Morgan fingerprint density at radius 3 is 2.96 bits per heavy atom. The Hall–Kier alpha value is -2.22. The quantitative estimate of drug-likeness (QED) is 0.825. The molecule has 3 aliphatic rings. The molecule has 2 aromatic heterocycles. The van der Waals surface area contributed by atoms with Crippen molar-refractivity contribution in [2.24, 2.45) is 5.92 Å². The van der Waals surface area contributed by atoms with Crippen LogP contribution in [-0.2, 0) is 4.79 Å². The molecule has 5 rings (SSSR count). The van der Waals surface area contributed by atoms with E-state index in [0.29, 0.717) is 18.1 Å². The third kappa shape index (κ3) is 2.64. The molecule has 0 saturated carbocycles. The molecule has 5 heterocycles. The molecule has 25 heavy (non-hydrogen) atoms. The summed E-state index contributed by atoms with van der Waals surface area (Å²) >= 11 is 1.35. The largest absolute Gasteiger partial charge is 0.338 e. The van der Waals surface area contributed by atoms with Crippen LogP contribution in [0.25, 0.3) is 4.96 Å². The third-order valence-electron chi connectivity index (χ3n) is 5.12. The maximum Gasteiger partial charge on any atom is 0.271 e. The number of amides is 2. The van der Waals surface area contributed by atoms with Crippen LogP contribution in [0.15, 0.2) is 22.6 Å². The number of carbonyl (C=O) groups excluding carboxylic acids is 2. The third-order valence-corrected chi connectivity index (χ3v) is 5.89. The van der Waals surface area contributed by atoms with Crippen LogP contribution < -0.4 is 5.56 Å². The van der Waals surface area contributed by atoms with E-state index in [2.05, 4.69) is 11.9 Å². The van der Waals surface area contributed by atoms with Gasteiger partial charge in [0.15, 0.2) is 4.96 Å². The SMILES string of the molecule is CCCN1C(=O)[C@H]2CC[C@@H]1CN(C(=O)c1cnc3sccn3c1=O)C2. The Bertz CT molecular complexity index is 889. The van der Waals surface area contributed by atoms with E-state index in [9.17, 15) is 14.4 Å². The van der Waals surface area contributed by atoms with Crippen LogP contribution in [0.5, 0.6) is 0 Å². The highest BCUT2D eigenvalue weighted by Crippen LogP contribution is 2.29. The molecule has 0 spiro atoms. The highest BCUT2D eigenvalue weighted by Gasteiger charge is 2.41. The monoisotopic (exact) mass is 360 g/mol. The smallest absolute Gasteiger partial charge is 0.271 e. The topological polar surface area (TPSA) is 75.0 Å². The van der Waals surface area contributed by atoms with Gasteiger partial charge in [-0.15, -0.1) is 11.3 Å². The van der Waals surface area contributed by atoms with Crippen LogP contribution in [-0.4, -0.2) is 56.7 Å². The van der Waals surface area contributed by atoms with Gasteiger partial charge in [-0.05, 0) is 19.3 Å². The molecule has 0 N–H and O–H groups in total. The number of carbonyl (C=O) groups is 2. The molecule has 3 fully saturated rings. The van der Waals surface area contributed by atoms with E-state index in [0.717, 1.165) is 25.8 Å². The summed E-state index contributed by atoms with van der Waals surface area (Å²) < 4.78 is 1.40. The molecule has 0 aliphatic carbocycles. The number of rotatable bonds is 3. The fourth-order valence-corrected chi connectivity index (χ4v) is 4.56. The summed E-state index contributed by atoms with van der Waals surface area (Å²) in [6, 6.07) is 0.0516. The summed E-state index contributed by atoms with van der Waals surface area (Å²) in [5.41, 5.74) is -0.267. The van der Waals surface area contributed by atoms with Gasteiger partial charge in [-0.3, -0.25) is 18.8 Å². The zero-order chi connectivity index (χ0) is 17.6. The molecule has 2 atom stereocenters. The van der Waals surface area contributed by atoms with E-state index in [-0.39, 0.29) is 34.9 Å². The van der Waals surface area contributed by atoms with Gasteiger partial charge in [-0.2, -0.15) is 0 Å². The molecule has 0 unspecified atom stereocenters. The van der Waals surface area contributed by atoms with E-state index < -0.39 is 0 Å². The number of fused-ring (bicyclic) bond motifs is 5. The maximum atomic E-state index is 13.0. The normalized spacial score (nSPS) is 23.3. The van der Waals surface area contributed by atoms with Crippen LogP contribution in [0.4, 0.5) is 0 Å². The number of piperidine rings is 1. The minimum Gasteiger partial charge on any atom is -0.338 e. The van der Waals surface area contributed by atoms with Gasteiger partial charge in [-0.1, -0.05) is 6.92 Å². The van der Waals surface area contributed by atoms with E-state index in [1.165, 1.54) is 21.9 Å². The van der Waals surface area contributed by atoms with Gasteiger partial charge < -0.3 is 9.80 Å². The lowest BCUT2D eigenvalue weighted by molar-refractivity contribution is -0.139. The van der Waals surface area contributed by atoms with Crippen molar-refractivity contribution in [2.75, 3.05) is 19.6 Å². The molecule has 0 radical (unpaired) electrons. The molecule has 7 nitrogen and oxygen atoms in total. The Morgan fingerprint density at radius 1 is 1.32 bits per heavy atom. The first-order valence-corrected chi connectivity index (χ1v) is 9.52. The van der Waals surface area contributed by atoms with Crippen molar-refractivity contribution < 1.29 is 9.59 Å². The van der Waals surface area contributed by atoms with Gasteiger partial charge >= 0.3 is 0 Å². The van der Waals surface area contributed by atoms with Crippen molar-refractivity contribution >= 4 is 28.1 Å². The van der Waals surface area contributed by atoms with Gasteiger partial charge in [0, 0.05) is 43.4 Å². The van der Waals surface area contributed by atoms with Crippen molar-refractivity contribution in [2.45, 2.75) is 32.2 Å². The van der Waals surface area contributed by atoms with E-state index in [1.807, 2.05) is 4.90 Å². The van der Waals surface area contributed by atoms with Crippen molar-refractivity contribution in [3.05, 3.63) is 33.7 Å². The fraction of sp³-hybridized carbons (Fsp3) is 0.529. The Labute approximate surface area is 148 Å². The first-order valence-electron chi connectivity index (χ1n) is 8.64. The zero-order valence-corrected chi connectivity index (χ0v) is 14.9. The number of hydrogen-bond donors (Lipinski definition) is 0. The summed E-state index contributed by atoms with van der Waals surface area (Å²) in [4.78, 5) is 46.6. The van der Waals surface area contributed by atoms with Gasteiger partial charge in [0.2, 0.25) is 5.91 Å². The standard InChI is InChI=1S/C17H20N4O3S/c1-2-5-20-12-4-3-11(14(20)22)9-19(10-12)15(23)13-8-18-17-21(16(13)24)6-7-25-17/h6-8,11-12H,2-5,9-10H2,1H3/t11-,12+/m0/s1. The van der Waals surface area contributed by atoms with Crippen molar-refractivity contribution in [1.82, 2.24) is 19.2 Å². The second kappa shape index (κ2) is 6.25. The highest BCUT2D eigenvalue weighted by molar-refractivity contribution is 7.15. The Kier molecular flexibility index (Phi) is 4.07. The highest BCUT2D eigenvalue weighted by atomic mass is 32.1. The first kappa shape index (κ1) is 16.3. The van der Waals surface area contributed by atoms with E-state index in [1.54, 1.807) is 16.5 Å². The Morgan fingerprint density at radius 2 is 2.16 bits per heavy atom. The van der Waals surface area contributed by atoms with Crippen LogP contribution in [0, 0.1) is 5.92 Å². The lowest BCUT2D eigenvalue weighted by Crippen LogP contribution is -2.48. The summed E-state index contributed by atoms with van der Waals surface area (Å²) in [7, 11) is 0. The van der Waals surface area contributed by atoms with Crippen LogP contribution in [0.2, 0.25) is 0 Å². The maximum absolute atomic E-state index is 13.0. The molecular formula is C17H20N4O3S. The number of nitrogens with zero attached hydrogens (tertiary/aromatic N) is 4. The van der Waals surface area contributed by atoms with Gasteiger partial charge in [0.25, 0.3) is 11.5 Å². The molecule has 3 saturated heterocycles. The molecule has 2 bridgehead atoms. The molecule has 132 valence electrons. The molecule has 8 heteroatoms. The molecule has 0 aromatic carbocycles. The van der Waals surface area contributed by atoms with Crippen LogP contribution >= 0.6 is 11.3 Å². The van der Waals surface area contributed by atoms with E-state index in [4.69, 9.17) is 0 Å². The van der Waals surface area contributed by atoms with Crippen LogP contribution in [0.3, 0.4) is 0 Å². The minimum atomic E-state index is -0.343. The number of hydrogen-bond acceptors (Lipinski definition) is 5. The summed E-state index contributed by atoms with van der Waals surface area (Å²) in [5.74, 6) is -0.326. The van der Waals surface area contributed by atoms with Gasteiger partial charge in [0.05, 0.1) is 5.92 Å². The molecule has 2 amide bonds. The molecular weight excluding hydrogens is 340 g/mol. The Balaban J connectivity index is 1.65. The minimum absolute atomic E-state index is 0.0516.